The normalized spacial score (nSPS) is 30.1. The van der Waals surface area contributed by atoms with E-state index in [9.17, 15) is 4.39 Å². The summed E-state index contributed by atoms with van der Waals surface area (Å²) in [4.78, 5) is 4.28. The van der Waals surface area contributed by atoms with Gasteiger partial charge in [0.25, 0.3) is 0 Å². The third-order valence-corrected chi connectivity index (χ3v) is 3.95. The molecule has 0 radical (unpaired) electrons. The Labute approximate surface area is 111 Å². The van der Waals surface area contributed by atoms with Crippen LogP contribution in [0.25, 0.3) is 0 Å². The first-order valence-electron chi connectivity index (χ1n) is 7.15. The number of rotatable bonds is 5. The summed E-state index contributed by atoms with van der Waals surface area (Å²) in [5.74, 6) is 0.420. The van der Waals surface area contributed by atoms with Gasteiger partial charge in [0.15, 0.2) is 0 Å². The van der Waals surface area contributed by atoms with E-state index in [2.05, 4.69) is 18.8 Å². The molecule has 102 valence electrons. The second kappa shape index (κ2) is 7.50. The quantitative estimate of drug-likeness (QED) is 0.669. The van der Waals surface area contributed by atoms with Gasteiger partial charge in [0.1, 0.15) is 6.17 Å². The number of alkyl halides is 1. The van der Waals surface area contributed by atoms with Crippen molar-refractivity contribution < 1.29 is 4.39 Å². The lowest BCUT2D eigenvalue weighted by Crippen LogP contribution is -2.31. The van der Waals surface area contributed by atoms with Crippen LogP contribution < -0.4 is 0 Å². The topological polar surface area (TPSA) is 12.4 Å². The third kappa shape index (κ3) is 3.30. The van der Waals surface area contributed by atoms with Gasteiger partial charge in [-0.15, -0.1) is 0 Å². The van der Waals surface area contributed by atoms with Gasteiger partial charge >= 0.3 is 0 Å². The molecule has 0 aromatic heterocycles. The summed E-state index contributed by atoms with van der Waals surface area (Å²) in [7, 11) is 1.78. The molecule has 0 N–H and O–H groups in total. The predicted molar refractivity (Wildman–Crippen MR) is 77.9 cm³/mol. The van der Waals surface area contributed by atoms with E-state index in [4.69, 9.17) is 0 Å². The summed E-state index contributed by atoms with van der Waals surface area (Å²) in [5.41, 5.74) is 2.04. The van der Waals surface area contributed by atoms with Crippen molar-refractivity contribution in [2.45, 2.75) is 52.6 Å². The summed E-state index contributed by atoms with van der Waals surface area (Å²) < 4.78 is 14.3. The highest BCUT2D eigenvalue weighted by atomic mass is 19.1. The first-order chi connectivity index (χ1) is 8.69. The average molecular weight is 251 g/mol. The molecule has 18 heavy (non-hydrogen) atoms. The third-order valence-electron chi connectivity index (χ3n) is 3.95. The highest BCUT2D eigenvalue weighted by Crippen LogP contribution is 2.36. The standard InChI is InChI=1S/C16H26FN/c1-5-8-9-12(6-2)16-13(7-3)15(18-4)11-10-14(16)17/h7,10-12,14,16H,5-6,8-9H2,1-4H3/b13-7+,18-15?. The van der Waals surface area contributed by atoms with E-state index in [0.29, 0.717) is 5.92 Å². The van der Waals surface area contributed by atoms with E-state index in [0.717, 1.165) is 24.1 Å². The fourth-order valence-electron chi connectivity index (χ4n) is 2.90. The number of hydrogen-bond acceptors (Lipinski definition) is 1. The van der Waals surface area contributed by atoms with Crippen molar-refractivity contribution in [2.24, 2.45) is 16.8 Å². The van der Waals surface area contributed by atoms with Crippen LogP contribution in [0.5, 0.6) is 0 Å². The fourth-order valence-corrected chi connectivity index (χ4v) is 2.90. The van der Waals surface area contributed by atoms with Gasteiger partial charge in [-0.25, -0.2) is 4.39 Å². The van der Waals surface area contributed by atoms with Gasteiger partial charge in [0.2, 0.25) is 0 Å². The maximum atomic E-state index is 14.3. The zero-order chi connectivity index (χ0) is 13.5. The average Bonchev–Trinajstić information content (AvgIpc) is 2.40. The second-order valence-corrected chi connectivity index (χ2v) is 4.99. The molecule has 0 fully saturated rings. The van der Waals surface area contributed by atoms with Crippen LogP contribution in [0.2, 0.25) is 0 Å². The molecule has 1 aliphatic rings. The fraction of sp³-hybridized carbons (Fsp3) is 0.688. The van der Waals surface area contributed by atoms with Gasteiger partial charge in [-0.3, -0.25) is 4.99 Å². The second-order valence-electron chi connectivity index (χ2n) is 4.99. The Morgan fingerprint density at radius 3 is 2.67 bits per heavy atom. The van der Waals surface area contributed by atoms with Gasteiger partial charge < -0.3 is 0 Å². The Balaban J connectivity index is 2.98. The van der Waals surface area contributed by atoms with Crippen LogP contribution in [-0.4, -0.2) is 18.9 Å². The lowest BCUT2D eigenvalue weighted by atomic mass is 9.74. The van der Waals surface area contributed by atoms with Crippen molar-refractivity contribution in [3.63, 3.8) is 0 Å². The van der Waals surface area contributed by atoms with Gasteiger partial charge in [0.05, 0.1) is 5.71 Å². The number of hydrogen-bond donors (Lipinski definition) is 0. The molecule has 0 aromatic rings. The first kappa shape index (κ1) is 15.1. The lowest BCUT2D eigenvalue weighted by molar-refractivity contribution is 0.220. The Kier molecular flexibility index (Phi) is 6.31. The van der Waals surface area contributed by atoms with Crippen LogP contribution >= 0.6 is 0 Å². The maximum Gasteiger partial charge on any atom is 0.126 e. The Hall–Kier alpha value is -0.920. The van der Waals surface area contributed by atoms with E-state index in [1.54, 1.807) is 13.1 Å². The minimum atomic E-state index is -0.858. The molecular formula is C16H26FN. The molecule has 0 heterocycles. The van der Waals surface area contributed by atoms with Gasteiger partial charge in [-0.1, -0.05) is 39.2 Å². The number of nitrogens with zero attached hydrogens (tertiary/aromatic N) is 1. The van der Waals surface area contributed by atoms with Crippen LogP contribution in [0.15, 0.2) is 28.8 Å². The molecule has 0 spiro atoms. The van der Waals surface area contributed by atoms with E-state index >= 15 is 0 Å². The molecule has 0 aromatic carbocycles. The molecular weight excluding hydrogens is 225 g/mol. The minimum absolute atomic E-state index is 0.00440. The van der Waals surface area contributed by atoms with Gasteiger partial charge in [-0.05, 0) is 37.0 Å². The summed E-state index contributed by atoms with van der Waals surface area (Å²) in [6.45, 7) is 6.35. The van der Waals surface area contributed by atoms with E-state index in [-0.39, 0.29) is 5.92 Å². The Morgan fingerprint density at radius 1 is 1.44 bits per heavy atom. The molecule has 0 bridgehead atoms. The monoisotopic (exact) mass is 251 g/mol. The highest BCUT2D eigenvalue weighted by Gasteiger charge is 2.33. The minimum Gasteiger partial charge on any atom is -0.288 e. The van der Waals surface area contributed by atoms with Crippen LogP contribution in [0.4, 0.5) is 4.39 Å². The molecule has 0 amide bonds. The molecule has 1 aliphatic carbocycles. The highest BCUT2D eigenvalue weighted by molar-refractivity contribution is 6.09. The Bertz CT molecular complexity index is 341. The molecule has 3 atom stereocenters. The number of halogens is 1. The van der Waals surface area contributed by atoms with E-state index in [1.807, 2.05) is 19.1 Å². The predicted octanol–water partition coefficient (Wildman–Crippen LogP) is 4.74. The zero-order valence-electron chi connectivity index (χ0n) is 12.1. The van der Waals surface area contributed by atoms with Crippen LogP contribution in [-0.2, 0) is 0 Å². The summed E-state index contributed by atoms with van der Waals surface area (Å²) in [6, 6.07) is 0. The smallest absolute Gasteiger partial charge is 0.126 e. The lowest BCUT2D eigenvalue weighted by Gasteiger charge is -2.33. The van der Waals surface area contributed by atoms with Crippen molar-refractivity contribution in [2.75, 3.05) is 7.05 Å². The summed E-state index contributed by atoms with van der Waals surface area (Å²) in [5, 5.41) is 0. The number of unbranched alkanes of at least 4 members (excludes halogenated alkanes) is 1. The van der Waals surface area contributed by atoms with Crippen molar-refractivity contribution in [1.82, 2.24) is 0 Å². The van der Waals surface area contributed by atoms with Crippen LogP contribution in [0.3, 0.4) is 0 Å². The molecule has 2 heteroatoms. The zero-order valence-corrected chi connectivity index (χ0v) is 12.1. The molecule has 0 saturated carbocycles. The Morgan fingerprint density at radius 2 is 2.17 bits per heavy atom. The van der Waals surface area contributed by atoms with E-state index in [1.165, 1.54) is 12.8 Å². The number of allylic oxidation sites excluding steroid dienone is 4. The molecule has 0 saturated heterocycles. The van der Waals surface area contributed by atoms with Crippen molar-refractivity contribution >= 4 is 5.71 Å². The molecule has 3 unspecified atom stereocenters. The van der Waals surface area contributed by atoms with Crippen molar-refractivity contribution in [3.8, 4) is 0 Å². The molecule has 1 nitrogen and oxygen atoms in total. The van der Waals surface area contributed by atoms with Gasteiger partial charge in [-0.2, -0.15) is 0 Å². The molecule has 1 rings (SSSR count). The molecule has 0 aliphatic heterocycles. The SMILES string of the molecule is C/C=C1\C(=NC)C=CC(F)C1C(CC)CCCC. The summed E-state index contributed by atoms with van der Waals surface area (Å²) >= 11 is 0. The van der Waals surface area contributed by atoms with Gasteiger partial charge in [0, 0.05) is 13.0 Å². The van der Waals surface area contributed by atoms with Crippen LogP contribution in [0, 0.1) is 11.8 Å². The van der Waals surface area contributed by atoms with E-state index < -0.39 is 6.17 Å². The van der Waals surface area contributed by atoms with Crippen LogP contribution in [0.1, 0.15) is 46.5 Å². The summed E-state index contributed by atoms with van der Waals surface area (Å²) in [6.07, 6.45) is 9.18. The maximum absolute atomic E-state index is 14.3. The number of aliphatic imine (C=N–C) groups is 1. The largest absolute Gasteiger partial charge is 0.288 e. The van der Waals surface area contributed by atoms with Crippen molar-refractivity contribution in [1.29, 1.82) is 0 Å². The first-order valence-corrected chi connectivity index (χ1v) is 7.15. The van der Waals surface area contributed by atoms with Crippen molar-refractivity contribution in [3.05, 3.63) is 23.8 Å².